The molecule has 3 rings (SSSR count). The Morgan fingerprint density at radius 3 is 2.47 bits per heavy atom. The van der Waals surface area contributed by atoms with Crippen LogP contribution in [0.5, 0.6) is 5.75 Å². The first kappa shape index (κ1) is 21.8. The zero-order valence-electron chi connectivity index (χ0n) is 15.9. The monoisotopic (exact) mass is 448 g/mol. The van der Waals surface area contributed by atoms with Gasteiger partial charge in [0.2, 0.25) is 10.0 Å². The number of methoxy groups -OCH3 is 1. The van der Waals surface area contributed by atoms with Crippen molar-refractivity contribution >= 4 is 33.2 Å². The number of rotatable bonds is 7. The number of amides is 1. The molecule has 156 valence electrons. The normalized spacial score (nSPS) is 11.2. The number of sulfonamides is 1. The number of hydrogen-bond acceptors (Lipinski definition) is 4. The van der Waals surface area contributed by atoms with Gasteiger partial charge in [-0.25, -0.2) is 17.5 Å². The molecule has 0 spiro atoms. The lowest BCUT2D eigenvalue weighted by atomic mass is 10.2. The maximum Gasteiger partial charge on any atom is 0.257 e. The molecule has 0 bridgehead atoms. The summed E-state index contributed by atoms with van der Waals surface area (Å²) in [6.45, 7) is -0.0288. The quantitative estimate of drug-likeness (QED) is 0.566. The number of nitrogens with one attached hydrogen (secondary N) is 2. The predicted molar refractivity (Wildman–Crippen MR) is 113 cm³/mol. The highest BCUT2D eigenvalue weighted by molar-refractivity contribution is 7.89. The zero-order valence-corrected chi connectivity index (χ0v) is 17.4. The molecular formula is C21H18ClFN2O4S. The first-order chi connectivity index (χ1) is 14.3. The van der Waals surface area contributed by atoms with Gasteiger partial charge in [-0.15, -0.1) is 0 Å². The standard InChI is InChI=1S/C21H18ClFN2O4S/c1-29-20-9-5-2-6-14(20)13-24-30(27,28)15-10-11-19(18(23)12-15)25-21(26)16-7-3-4-8-17(16)22/h2-12,24H,13H2,1H3,(H,25,26). The highest BCUT2D eigenvalue weighted by Crippen LogP contribution is 2.23. The minimum Gasteiger partial charge on any atom is -0.496 e. The molecule has 30 heavy (non-hydrogen) atoms. The van der Waals surface area contributed by atoms with Crippen molar-refractivity contribution in [3.05, 3.63) is 88.7 Å². The van der Waals surface area contributed by atoms with Crippen LogP contribution in [0, 0.1) is 5.82 Å². The van der Waals surface area contributed by atoms with Gasteiger partial charge in [-0.2, -0.15) is 0 Å². The molecular weight excluding hydrogens is 431 g/mol. The molecule has 3 aromatic rings. The van der Waals surface area contributed by atoms with Gasteiger partial charge in [-0.3, -0.25) is 4.79 Å². The third-order valence-electron chi connectivity index (χ3n) is 4.26. The Hall–Kier alpha value is -2.94. The van der Waals surface area contributed by atoms with Gasteiger partial charge in [0.15, 0.2) is 0 Å². The van der Waals surface area contributed by atoms with Crippen molar-refractivity contribution in [2.45, 2.75) is 11.4 Å². The Labute approximate surface area is 178 Å². The van der Waals surface area contributed by atoms with Crippen LogP contribution >= 0.6 is 11.6 Å². The maximum absolute atomic E-state index is 14.5. The lowest BCUT2D eigenvalue weighted by molar-refractivity contribution is 0.102. The Morgan fingerprint density at radius 1 is 1.07 bits per heavy atom. The molecule has 3 aromatic carbocycles. The molecule has 0 aromatic heterocycles. The van der Waals surface area contributed by atoms with E-state index >= 15 is 0 Å². The van der Waals surface area contributed by atoms with Crippen molar-refractivity contribution in [2.75, 3.05) is 12.4 Å². The molecule has 0 aliphatic rings. The van der Waals surface area contributed by atoms with Crippen molar-refractivity contribution < 1.29 is 22.3 Å². The highest BCUT2D eigenvalue weighted by atomic mass is 35.5. The summed E-state index contributed by atoms with van der Waals surface area (Å²) in [5.41, 5.74) is 0.644. The fourth-order valence-electron chi connectivity index (χ4n) is 2.70. The second-order valence-electron chi connectivity index (χ2n) is 6.21. The molecule has 0 aliphatic heterocycles. The average molecular weight is 449 g/mol. The van der Waals surface area contributed by atoms with E-state index in [1.165, 1.54) is 31.4 Å². The van der Waals surface area contributed by atoms with Crippen molar-refractivity contribution in [3.63, 3.8) is 0 Å². The molecule has 0 fully saturated rings. The molecule has 1 amide bonds. The summed E-state index contributed by atoms with van der Waals surface area (Å²) in [7, 11) is -2.50. The molecule has 0 atom stereocenters. The minimum absolute atomic E-state index is 0.0288. The van der Waals surface area contributed by atoms with Crippen LogP contribution < -0.4 is 14.8 Å². The molecule has 0 saturated heterocycles. The number of para-hydroxylation sites is 1. The largest absolute Gasteiger partial charge is 0.496 e. The number of ether oxygens (including phenoxy) is 1. The summed E-state index contributed by atoms with van der Waals surface area (Å²) in [5.74, 6) is -0.969. The molecule has 2 N–H and O–H groups in total. The van der Waals surface area contributed by atoms with E-state index in [1.807, 2.05) is 0 Å². The van der Waals surface area contributed by atoms with E-state index in [1.54, 1.807) is 36.4 Å². The summed E-state index contributed by atoms with van der Waals surface area (Å²) in [6.07, 6.45) is 0. The number of hydrogen-bond donors (Lipinski definition) is 2. The summed E-state index contributed by atoms with van der Waals surface area (Å²) in [5, 5.41) is 2.61. The van der Waals surface area contributed by atoms with Gasteiger partial charge in [-0.1, -0.05) is 41.9 Å². The summed E-state index contributed by atoms with van der Waals surface area (Å²) >= 11 is 5.97. The van der Waals surface area contributed by atoms with E-state index in [0.29, 0.717) is 11.3 Å². The lowest BCUT2D eigenvalue weighted by Crippen LogP contribution is -2.24. The van der Waals surface area contributed by atoms with Gasteiger partial charge in [0.25, 0.3) is 5.91 Å². The first-order valence-electron chi connectivity index (χ1n) is 8.79. The third-order valence-corrected chi connectivity index (χ3v) is 5.99. The van der Waals surface area contributed by atoms with Crippen LogP contribution in [0.3, 0.4) is 0 Å². The van der Waals surface area contributed by atoms with Crippen LogP contribution in [0.15, 0.2) is 71.6 Å². The van der Waals surface area contributed by atoms with Crippen molar-refractivity contribution in [1.29, 1.82) is 0 Å². The topological polar surface area (TPSA) is 84.5 Å². The Kier molecular flexibility index (Phi) is 6.71. The Morgan fingerprint density at radius 2 is 1.77 bits per heavy atom. The second kappa shape index (κ2) is 9.25. The minimum atomic E-state index is -3.99. The van der Waals surface area contributed by atoms with Crippen LogP contribution in [0.4, 0.5) is 10.1 Å². The van der Waals surface area contributed by atoms with Crippen molar-refractivity contribution in [2.24, 2.45) is 0 Å². The van der Waals surface area contributed by atoms with Gasteiger partial charge >= 0.3 is 0 Å². The predicted octanol–water partition coefficient (Wildman–Crippen LogP) is 4.22. The summed E-state index contributed by atoms with van der Waals surface area (Å²) < 4.78 is 47.1. The number of anilines is 1. The van der Waals surface area contributed by atoms with Crippen molar-refractivity contribution in [3.8, 4) is 5.75 Å². The summed E-state index contributed by atoms with van der Waals surface area (Å²) in [4.78, 5) is 12.0. The average Bonchev–Trinajstić information content (AvgIpc) is 2.74. The molecule has 6 nitrogen and oxygen atoms in total. The van der Waals surface area contributed by atoms with E-state index < -0.39 is 21.7 Å². The second-order valence-corrected chi connectivity index (χ2v) is 8.39. The molecule has 9 heteroatoms. The smallest absolute Gasteiger partial charge is 0.257 e. The van der Waals surface area contributed by atoms with Crippen LogP contribution in [-0.2, 0) is 16.6 Å². The van der Waals surface area contributed by atoms with Crippen LogP contribution in [0.1, 0.15) is 15.9 Å². The van der Waals surface area contributed by atoms with Gasteiger partial charge < -0.3 is 10.1 Å². The Bertz CT molecular complexity index is 1190. The fourth-order valence-corrected chi connectivity index (χ4v) is 3.94. The molecule has 0 saturated carbocycles. The number of halogens is 2. The maximum atomic E-state index is 14.5. The zero-order chi connectivity index (χ0) is 21.7. The van der Waals surface area contributed by atoms with E-state index in [-0.39, 0.29) is 27.7 Å². The van der Waals surface area contributed by atoms with Crippen LogP contribution in [-0.4, -0.2) is 21.4 Å². The van der Waals surface area contributed by atoms with E-state index in [4.69, 9.17) is 16.3 Å². The SMILES string of the molecule is COc1ccccc1CNS(=O)(=O)c1ccc(NC(=O)c2ccccc2Cl)c(F)c1. The number of benzene rings is 3. The van der Waals surface area contributed by atoms with E-state index in [9.17, 15) is 17.6 Å². The Balaban J connectivity index is 1.75. The third kappa shape index (κ3) is 4.96. The van der Waals surface area contributed by atoms with Gasteiger partial charge in [0, 0.05) is 12.1 Å². The van der Waals surface area contributed by atoms with Crippen molar-refractivity contribution in [1.82, 2.24) is 4.72 Å². The molecule has 0 heterocycles. The molecule has 0 unspecified atom stereocenters. The van der Waals surface area contributed by atoms with E-state index in [2.05, 4.69) is 10.0 Å². The van der Waals surface area contributed by atoms with Crippen LogP contribution in [0.25, 0.3) is 0 Å². The molecule has 0 radical (unpaired) electrons. The van der Waals surface area contributed by atoms with Gasteiger partial charge in [0.05, 0.1) is 28.3 Å². The summed E-state index contributed by atoms with van der Waals surface area (Å²) in [6, 6.07) is 16.5. The lowest BCUT2D eigenvalue weighted by Gasteiger charge is -2.12. The number of carbonyl (C=O) groups is 1. The molecule has 0 aliphatic carbocycles. The van der Waals surface area contributed by atoms with E-state index in [0.717, 1.165) is 6.07 Å². The highest BCUT2D eigenvalue weighted by Gasteiger charge is 2.18. The first-order valence-corrected chi connectivity index (χ1v) is 10.6. The van der Waals surface area contributed by atoms with Crippen LogP contribution in [0.2, 0.25) is 5.02 Å². The van der Waals surface area contributed by atoms with Gasteiger partial charge in [0.1, 0.15) is 11.6 Å². The van der Waals surface area contributed by atoms with Gasteiger partial charge in [-0.05, 0) is 36.4 Å². The number of carbonyl (C=O) groups excluding carboxylic acids is 1. The fraction of sp³-hybridized carbons (Fsp3) is 0.0952.